The minimum absolute atomic E-state index is 0. The molecule has 0 aliphatic heterocycles. The lowest BCUT2D eigenvalue weighted by atomic mass is 10.1. The second-order valence-electron chi connectivity index (χ2n) is 8.36. The number of halogens is 4. The first kappa shape index (κ1) is 30.2. The van der Waals surface area contributed by atoms with E-state index in [1.165, 1.54) is 16.8 Å². The highest BCUT2D eigenvalue weighted by Crippen LogP contribution is 2.15. The van der Waals surface area contributed by atoms with E-state index in [0.29, 0.717) is 25.6 Å². The number of carbonyl (C=O) groups excluding carboxylic acids is 1. The second kappa shape index (κ2) is 13.7. The number of carbonyl (C=O) groups is 1. The predicted octanol–water partition coefficient (Wildman–Crippen LogP) is 3.83. The Morgan fingerprint density at radius 3 is 2.12 bits per heavy atom. The topological polar surface area (TPSA) is 69.2 Å². The Labute approximate surface area is 205 Å². The van der Waals surface area contributed by atoms with Gasteiger partial charge in [-0.15, -0.1) is 24.0 Å². The Bertz CT molecular complexity index is 722. The van der Waals surface area contributed by atoms with Gasteiger partial charge in [-0.2, -0.15) is 13.2 Å². The maximum absolute atomic E-state index is 12.3. The lowest BCUT2D eigenvalue weighted by Gasteiger charge is -2.24. The first-order valence-corrected chi connectivity index (χ1v) is 10.0. The number of nitrogens with one attached hydrogen (secondary N) is 2. The van der Waals surface area contributed by atoms with Gasteiger partial charge in [-0.3, -0.25) is 9.89 Å². The molecular formula is C21H35F3IN5O2. The largest absolute Gasteiger partial charge is 0.444 e. The van der Waals surface area contributed by atoms with Gasteiger partial charge in [0, 0.05) is 40.3 Å². The van der Waals surface area contributed by atoms with E-state index >= 15 is 0 Å². The molecule has 0 unspecified atom stereocenters. The van der Waals surface area contributed by atoms with E-state index in [9.17, 15) is 18.0 Å². The molecule has 1 aromatic carbocycles. The first-order valence-electron chi connectivity index (χ1n) is 10.0. The van der Waals surface area contributed by atoms with Gasteiger partial charge in [-0.1, -0.05) is 24.3 Å². The Hall–Kier alpha value is -1.76. The molecule has 2 N–H and O–H groups in total. The van der Waals surface area contributed by atoms with Crippen LogP contribution in [-0.2, 0) is 17.8 Å². The van der Waals surface area contributed by atoms with Crippen LogP contribution >= 0.6 is 24.0 Å². The van der Waals surface area contributed by atoms with Gasteiger partial charge in [0.1, 0.15) is 5.60 Å². The van der Waals surface area contributed by atoms with Crippen LogP contribution in [0.4, 0.5) is 18.0 Å². The van der Waals surface area contributed by atoms with Crippen molar-refractivity contribution in [3.05, 3.63) is 35.4 Å². The Morgan fingerprint density at radius 1 is 1.06 bits per heavy atom. The third-order valence-electron chi connectivity index (χ3n) is 4.07. The van der Waals surface area contributed by atoms with E-state index in [-0.39, 0.29) is 36.6 Å². The van der Waals surface area contributed by atoms with E-state index in [0.717, 1.165) is 11.1 Å². The normalized spacial score (nSPS) is 12.2. The molecule has 0 radical (unpaired) electrons. The zero-order valence-corrected chi connectivity index (χ0v) is 21.9. The predicted molar refractivity (Wildman–Crippen MR) is 131 cm³/mol. The highest BCUT2D eigenvalue weighted by Gasteiger charge is 2.28. The van der Waals surface area contributed by atoms with Crippen molar-refractivity contribution in [1.82, 2.24) is 20.4 Å². The summed E-state index contributed by atoms with van der Waals surface area (Å²) in [6, 6.07) is 7.74. The average molecular weight is 573 g/mol. The molecule has 11 heteroatoms. The number of nitrogens with zero attached hydrogens (tertiary/aromatic N) is 3. The van der Waals surface area contributed by atoms with Crippen molar-refractivity contribution in [2.75, 3.05) is 40.8 Å². The van der Waals surface area contributed by atoms with Crippen LogP contribution in [0.5, 0.6) is 0 Å². The number of rotatable bonds is 8. The van der Waals surface area contributed by atoms with Crippen LogP contribution in [0.2, 0.25) is 0 Å². The van der Waals surface area contributed by atoms with Crippen LogP contribution in [0.25, 0.3) is 0 Å². The summed E-state index contributed by atoms with van der Waals surface area (Å²) in [5.41, 5.74) is 1.43. The summed E-state index contributed by atoms with van der Waals surface area (Å²) < 4.78 is 42.4. The summed E-state index contributed by atoms with van der Waals surface area (Å²) in [7, 11) is 4.71. The van der Waals surface area contributed by atoms with Crippen molar-refractivity contribution < 1.29 is 22.7 Å². The SMILES string of the molecule is CN=C(NCCN(C)CC(F)(F)F)NCc1ccc(CN(C)C(=O)OC(C)(C)C)cc1.I. The number of guanidine groups is 1. The summed E-state index contributed by atoms with van der Waals surface area (Å²) in [6.45, 7) is 6.02. The molecule has 1 rings (SSSR count). The highest BCUT2D eigenvalue weighted by atomic mass is 127. The number of amides is 1. The second-order valence-corrected chi connectivity index (χ2v) is 8.36. The third-order valence-corrected chi connectivity index (χ3v) is 4.07. The zero-order chi connectivity index (χ0) is 23.7. The molecule has 0 spiro atoms. The minimum atomic E-state index is -4.21. The van der Waals surface area contributed by atoms with Crippen molar-refractivity contribution in [3.63, 3.8) is 0 Å². The van der Waals surface area contributed by atoms with Crippen molar-refractivity contribution in [2.45, 2.75) is 45.6 Å². The molecule has 0 heterocycles. The van der Waals surface area contributed by atoms with Gasteiger partial charge in [0.25, 0.3) is 0 Å². The number of ether oxygens (including phenoxy) is 1. The van der Waals surface area contributed by atoms with Crippen LogP contribution in [0.3, 0.4) is 0 Å². The van der Waals surface area contributed by atoms with Crippen molar-refractivity contribution in [2.24, 2.45) is 4.99 Å². The molecule has 0 saturated heterocycles. The Kier molecular flexibility index (Phi) is 13.0. The quantitative estimate of drug-likeness (QED) is 0.281. The number of alkyl halides is 3. The summed E-state index contributed by atoms with van der Waals surface area (Å²) in [5.74, 6) is 0.508. The molecule has 32 heavy (non-hydrogen) atoms. The molecule has 0 atom stereocenters. The molecule has 0 saturated carbocycles. The van der Waals surface area contributed by atoms with Crippen LogP contribution in [0, 0.1) is 0 Å². The molecule has 0 bridgehead atoms. The van der Waals surface area contributed by atoms with E-state index in [2.05, 4.69) is 15.6 Å². The standard InChI is InChI=1S/C21H34F3N5O2.HI/c1-20(2,3)31-19(30)29(6)14-17-9-7-16(8-10-17)13-27-18(25-4)26-11-12-28(5)15-21(22,23)24;/h7-10H,11-15H2,1-6H3,(H2,25,26,27);1H. The highest BCUT2D eigenvalue weighted by molar-refractivity contribution is 14.0. The van der Waals surface area contributed by atoms with Gasteiger partial charge in [0.05, 0.1) is 6.54 Å². The van der Waals surface area contributed by atoms with Crippen molar-refractivity contribution in [3.8, 4) is 0 Å². The molecule has 7 nitrogen and oxygen atoms in total. The fourth-order valence-corrected chi connectivity index (χ4v) is 2.60. The van der Waals surface area contributed by atoms with E-state index in [4.69, 9.17) is 4.74 Å². The van der Waals surface area contributed by atoms with E-state index < -0.39 is 18.3 Å². The molecule has 184 valence electrons. The van der Waals surface area contributed by atoms with Crippen LogP contribution in [0.1, 0.15) is 31.9 Å². The Balaban J connectivity index is 0.00000961. The number of likely N-dealkylation sites (N-methyl/N-ethyl adjacent to an activating group) is 1. The van der Waals surface area contributed by atoms with Crippen molar-refractivity contribution in [1.29, 1.82) is 0 Å². The first-order chi connectivity index (χ1) is 14.3. The molecule has 1 amide bonds. The lowest BCUT2D eigenvalue weighted by Crippen LogP contribution is -2.42. The third kappa shape index (κ3) is 13.6. The van der Waals surface area contributed by atoms with Gasteiger partial charge in [0.15, 0.2) is 5.96 Å². The molecular weight excluding hydrogens is 538 g/mol. The zero-order valence-electron chi connectivity index (χ0n) is 19.5. The summed E-state index contributed by atoms with van der Waals surface area (Å²) in [4.78, 5) is 18.8. The maximum atomic E-state index is 12.3. The average Bonchev–Trinajstić information content (AvgIpc) is 2.62. The summed E-state index contributed by atoms with van der Waals surface area (Å²) >= 11 is 0. The van der Waals surface area contributed by atoms with Crippen LogP contribution in [0.15, 0.2) is 29.3 Å². The van der Waals surface area contributed by atoms with Gasteiger partial charge in [-0.25, -0.2) is 4.79 Å². The van der Waals surface area contributed by atoms with Gasteiger partial charge in [0.2, 0.25) is 0 Å². The van der Waals surface area contributed by atoms with Gasteiger partial charge >= 0.3 is 12.3 Å². The smallest absolute Gasteiger partial charge is 0.410 e. The summed E-state index contributed by atoms with van der Waals surface area (Å²) in [6.07, 6.45) is -4.59. The summed E-state index contributed by atoms with van der Waals surface area (Å²) in [5, 5.41) is 6.12. The van der Waals surface area contributed by atoms with Crippen LogP contribution in [-0.4, -0.2) is 74.4 Å². The fourth-order valence-electron chi connectivity index (χ4n) is 2.60. The van der Waals surface area contributed by atoms with Crippen LogP contribution < -0.4 is 10.6 Å². The number of hydrogen-bond acceptors (Lipinski definition) is 4. The number of hydrogen-bond donors (Lipinski definition) is 2. The fraction of sp³-hybridized carbons (Fsp3) is 0.619. The number of benzene rings is 1. The molecule has 0 fully saturated rings. The minimum Gasteiger partial charge on any atom is -0.444 e. The van der Waals surface area contributed by atoms with Crippen molar-refractivity contribution >= 4 is 36.0 Å². The van der Waals surface area contributed by atoms with Gasteiger partial charge < -0.3 is 20.3 Å². The molecule has 0 aliphatic rings. The lowest BCUT2D eigenvalue weighted by molar-refractivity contribution is -0.142. The monoisotopic (exact) mass is 573 g/mol. The van der Waals surface area contributed by atoms with E-state index in [1.807, 2.05) is 45.0 Å². The molecule has 0 aliphatic carbocycles. The molecule has 1 aromatic rings. The van der Waals surface area contributed by atoms with Gasteiger partial charge in [-0.05, 0) is 38.9 Å². The molecule has 0 aromatic heterocycles. The Morgan fingerprint density at radius 2 is 1.62 bits per heavy atom. The number of aliphatic imine (C=N–C) groups is 1. The van der Waals surface area contributed by atoms with E-state index in [1.54, 1.807) is 14.1 Å². The maximum Gasteiger partial charge on any atom is 0.410 e.